The largest absolute Gasteiger partial charge is 0.342 e. The van der Waals surface area contributed by atoms with Gasteiger partial charge in [0.2, 0.25) is 5.91 Å². The van der Waals surface area contributed by atoms with Gasteiger partial charge < -0.3 is 4.90 Å². The van der Waals surface area contributed by atoms with Gasteiger partial charge in [-0.05, 0) is 31.9 Å². The van der Waals surface area contributed by atoms with Crippen LogP contribution in [0.1, 0.15) is 50.9 Å². The Balaban J connectivity index is 1.87. The van der Waals surface area contributed by atoms with E-state index in [0.29, 0.717) is 5.92 Å². The highest BCUT2D eigenvalue weighted by molar-refractivity contribution is 5.81. The number of nitrogens with zero attached hydrogens (tertiary/aromatic N) is 4. The summed E-state index contributed by atoms with van der Waals surface area (Å²) in [6, 6.07) is 4.22. The number of aromatic nitrogens is 3. The molecule has 1 fully saturated rings. The molecule has 2 aromatic rings. The minimum atomic E-state index is -0.321. The fourth-order valence-electron chi connectivity index (χ4n) is 3.42. The molecule has 0 N–H and O–H groups in total. The SMILES string of the molecule is Cc1nn(C)c2nc(C3CCCN(C(=O)C(C)(C)C)C3)ccc12. The minimum absolute atomic E-state index is 0.236. The summed E-state index contributed by atoms with van der Waals surface area (Å²) in [5.74, 6) is 0.550. The highest BCUT2D eigenvalue weighted by atomic mass is 16.2. The van der Waals surface area contributed by atoms with Crippen molar-refractivity contribution in [3.05, 3.63) is 23.5 Å². The van der Waals surface area contributed by atoms with E-state index in [9.17, 15) is 4.79 Å². The topological polar surface area (TPSA) is 51.0 Å². The monoisotopic (exact) mass is 314 g/mol. The number of aryl methyl sites for hydroxylation is 2. The molecule has 1 aliphatic rings. The highest BCUT2D eigenvalue weighted by Crippen LogP contribution is 2.30. The van der Waals surface area contributed by atoms with Crippen LogP contribution in [0.3, 0.4) is 0 Å². The van der Waals surface area contributed by atoms with Crippen LogP contribution in [0, 0.1) is 12.3 Å². The van der Waals surface area contributed by atoms with Crippen molar-refractivity contribution in [2.24, 2.45) is 12.5 Å². The van der Waals surface area contributed by atoms with E-state index in [0.717, 1.165) is 48.4 Å². The smallest absolute Gasteiger partial charge is 0.227 e. The summed E-state index contributed by atoms with van der Waals surface area (Å²) in [5.41, 5.74) is 2.69. The molecule has 2 aromatic heterocycles. The number of carbonyl (C=O) groups excluding carboxylic acids is 1. The number of pyridine rings is 1. The molecule has 124 valence electrons. The molecule has 1 amide bonds. The van der Waals surface area contributed by atoms with Crippen LogP contribution >= 0.6 is 0 Å². The van der Waals surface area contributed by atoms with Crippen molar-refractivity contribution < 1.29 is 4.79 Å². The molecular weight excluding hydrogens is 288 g/mol. The van der Waals surface area contributed by atoms with Gasteiger partial charge in [0, 0.05) is 42.6 Å². The van der Waals surface area contributed by atoms with E-state index in [1.807, 2.05) is 44.3 Å². The molecule has 5 nitrogen and oxygen atoms in total. The molecule has 0 spiro atoms. The van der Waals surface area contributed by atoms with Gasteiger partial charge in [-0.1, -0.05) is 20.8 Å². The summed E-state index contributed by atoms with van der Waals surface area (Å²) in [5, 5.41) is 5.55. The molecule has 3 rings (SSSR count). The summed E-state index contributed by atoms with van der Waals surface area (Å²) in [6.45, 7) is 9.60. The van der Waals surface area contributed by atoms with Crippen molar-refractivity contribution in [1.82, 2.24) is 19.7 Å². The van der Waals surface area contributed by atoms with E-state index in [1.54, 1.807) is 0 Å². The first-order valence-electron chi connectivity index (χ1n) is 8.37. The second-order valence-corrected chi connectivity index (χ2v) is 7.66. The number of piperidine rings is 1. The number of likely N-dealkylation sites (tertiary alicyclic amines) is 1. The van der Waals surface area contributed by atoms with Crippen molar-refractivity contribution >= 4 is 16.9 Å². The lowest BCUT2D eigenvalue weighted by atomic mass is 9.89. The van der Waals surface area contributed by atoms with Gasteiger partial charge in [-0.15, -0.1) is 0 Å². The van der Waals surface area contributed by atoms with Gasteiger partial charge in [0.15, 0.2) is 5.65 Å². The number of amides is 1. The average molecular weight is 314 g/mol. The van der Waals surface area contributed by atoms with Gasteiger partial charge in [0.1, 0.15) is 0 Å². The molecule has 3 heterocycles. The average Bonchev–Trinajstić information content (AvgIpc) is 2.80. The summed E-state index contributed by atoms with van der Waals surface area (Å²) in [7, 11) is 1.93. The number of hydrogen-bond donors (Lipinski definition) is 0. The number of rotatable bonds is 1. The lowest BCUT2D eigenvalue weighted by Gasteiger charge is -2.36. The van der Waals surface area contributed by atoms with Gasteiger partial charge in [-0.3, -0.25) is 9.48 Å². The van der Waals surface area contributed by atoms with Crippen LogP contribution < -0.4 is 0 Å². The predicted molar refractivity (Wildman–Crippen MR) is 91.3 cm³/mol. The first-order valence-corrected chi connectivity index (χ1v) is 8.37. The Morgan fingerprint density at radius 1 is 1.30 bits per heavy atom. The predicted octanol–water partition coefficient (Wildman–Crippen LogP) is 3.03. The van der Waals surface area contributed by atoms with Crippen LogP contribution in [-0.2, 0) is 11.8 Å². The van der Waals surface area contributed by atoms with Gasteiger partial charge in [0.05, 0.1) is 5.69 Å². The van der Waals surface area contributed by atoms with E-state index in [1.165, 1.54) is 0 Å². The molecule has 5 heteroatoms. The lowest BCUT2D eigenvalue weighted by molar-refractivity contribution is -0.140. The van der Waals surface area contributed by atoms with Crippen LogP contribution in [0.15, 0.2) is 12.1 Å². The van der Waals surface area contributed by atoms with Crippen molar-refractivity contribution in [2.75, 3.05) is 13.1 Å². The third-order valence-electron chi connectivity index (χ3n) is 4.66. The Hall–Kier alpha value is -1.91. The second kappa shape index (κ2) is 5.62. The molecule has 1 atom stereocenters. The van der Waals surface area contributed by atoms with Gasteiger partial charge >= 0.3 is 0 Å². The Bertz CT molecular complexity index is 741. The molecule has 0 aromatic carbocycles. The van der Waals surface area contributed by atoms with Gasteiger partial charge in [0.25, 0.3) is 0 Å². The fourth-order valence-corrected chi connectivity index (χ4v) is 3.42. The van der Waals surface area contributed by atoms with Crippen molar-refractivity contribution in [3.8, 4) is 0 Å². The lowest BCUT2D eigenvalue weighted by Crippen LogP contribution is -2.44. The molecule has 1 saturated heterocycles. The van der Waals surface area contributed by atoms with Crippen LogP contribution in [0.25, 0.3) is 11.0 Å². The summed E-state index contributed by atoms with van der Waals surface area (Å²) in [4.78, 5) is 19.4. The Kier molecular flexibility index (Phi) is 3.90. The maximum Gasteiger partial charge on any atom is 0.227 e. The van der Waals surface area contributed by atoms with Crippen molar-refractivity contribution in [3.63, 3.8) is 0 Å². The Labute approximate surface area is 137 Å². The standard InChI is InChI=1S/C18H26N4O/c1-12-14-8-9-15(19-16(14)21(5)20-12)13-7-6-10-22(11-13)17(23)18(2,3)4/h8-9,13H,6-7,10-11H2,1-5H3. The van der Waals surface area contributed by atoms with Gasteiger partial charge in [-0.2, -0.15) is 5.10 Å². The maximum atomic E-state index is 12.6. The zero-order valence-electron chi connectivity index (χ0n) is 14.8. The molecule has 23 heavy (non-hydrogen) atoms. The van der Waals surface area contributed by atoms with E-state index in [2.05, 4.69) is 17.2 Å². The molecule has 1 unspecified atom stereocenters. The van der Waals surface area contributed by atoms with Crippen LogP contribution in [0.5, 0.6) is 0 Å². The quantitative estimate of drug-likeness (QED) is 0.813. The molecular formula is C18H26N4O. The number of carbonyl (C=O) groups is 1. The third kappa shape index (κ3) is 2.96. The first-order chi connectivity index (χ1) is 10.8. The maximum absolute atomic E-state index is 12.6. The van der Waals surface area contributed by atoms with Crippen LogP contribution in [0.4, 0.5) is 0 Å². The van der Waals surface area contributed by atoms with E-state index >= 15 is 0 Å². The molecule has 1 aliphatic heterocycles. The molecule has 0 saturated carbocycles. The molecule has 0 radical (unpaired) electrons. The Morgan fingerprint density at radius 2 is 2.04 bits per heavy atom. The van der Waals surface area contributed by atoms with E-state index in [4.69, 9.17) is 4.98 Å². The van der Waals surface area contributed by atoms with Gasteiger partial charge in [-0.25, -0.2) is 4.98 Å². The van der Waals surface area contributed by atoms with Crippen LogP contribution in [0.2, 0.25) is 0 Å². The highest BCUT2D eigenvalue weighted by Gasteiger charge is 2.32. The minimum Gasteiger partial charge on any atom is -0.342 e. The number of fused-ring (bicyclic) bond motifs is 1. The fraction of sp³-hybridized carbons (Fsp3) is 0.611. The zero-order chi connectivity index (χ0) is 16.8. The van der Waals surface area contributed by atoms with E-state index in [-0.39, 0.29) is 11.3 Å². The summed E-state index contributed by atoms with van der Waals surface area (Å²) < 4.78 is 1.84. The first kappa shape index (κ1) is 16.0. The van der Waals surface area contributed by atoms with E-state index < -0.39 is 0 Å². The Morgan fingerprint density at radius 3 is 2.74 bits per heavy atom. The van der Waals surface area contributed by atoms with Crippen LogP contribution in [-0.4, -0.2) is 38.7 Å². The summed E-state index contributed by atoms with van der Waals surface area (Å²) >= 11 is 0. The third-order valence-corrected chi connectivity index (χ3v) is 4.66. The normalized spacial score (nSPS) is 19.3. The second-order valence-electron chi connectivity index (χ2n) is 7.66. The molecule has 0 aliphatic carbocycles. The molecule has 0 bridgehead atoms. The number of hydrogen-bond acceptors (Lipinski definition) is 3. The zero-order valence-corrected chi connectivity index (χ0v) is 14.8. The summed E-state index contributed by atoms with van der Waals surface area (Å²) in [6.07, 6.45) is 2.12. The van der Waals surface area contributed by atoms with Crippen molar-refractivity contribution in [1.29, 1.82) is 0 Å². The van der Waals surface area contributed by atoms with Crippen molar-refractivity contribution in [2.45, 2.75) is 46.5 Å².